The Kier molecular flexibility index (Phi) is 4.68. The van der Waals surface area contributed by atoms with E-state index in [-0.39, 0.29) is 0 Å². The van der Waals surface area contributed by atoms with E-state index in [1.165, 1.54) is 0 Å². The second kappa shape index (κ2) is 5.80. The van der Waals surface area contributed by atoms with E-state index in [0.29, 0.717) is 12.0 Å². The second-order valence-corrected chi connectivity index (χ2v) is 4.82. The summed E-state index contributed by atoms with van der Waals surface area (Å²) >= 11 is 0. The molecule has 1 unspecified atom stereocenters. The molecule has 4 nitrogen and oxygen atoms in total. The van der Waals surface area contributed by atoms with E-state index in [9.17, 15) is 5.11 Å². The van der Waals surface area contributed by atoms with Gasteiger partial charge >= 0.3 is 0 Å². The largest absolute Gasteiger partial charge is 0.390 e. The molecule has 0 saturated carbocycles. The fourth-order valence-corrected chi connectivity index (χ4v) is 1.51. The molecule has 0 aliphatic rings. The fourth-order valence-electron chi connectivity index (χ4n) is 1.51. The smallest absolute Gasteiger partial charge is 0.222 e. The predicted molar refractivity (Wildman–Crippen MR) is 65.3 cm³/mol. The van der Waals surface area contributed by atoms with Crippen molar-refractivity contribution in [1.29, 1.82) is 0 Å². The Labute approximate surface area is 97.1 Å². The van der Waals surface area contributed by atoms with Gasteiger partial charge in [-0.3, -0.25) is 0 Å². The number of aromatic nitrogens is 2. The monoisotopic (exact) mass is 223 g/mol. The second-order valence-electron chi connectivity index (χ2n) is 4.82. The molecule has 0 bridgehead atoms. The maximum absolute atomic E-state index is 9.58. The Bertz CT molecular complexity index is 295. The number of hydrogen-bond donors (Lipinski definition) is 2. The maximum atomic E-state index is 9.58. The zero-order chi connectivity index (χ0) is 12.0. The minimum atomic E-state index is -0.567. The topological polar surface area (TPSA) is 58.0 Å². The molecule has 1 atom stereocenters. The zero-order valence-electron chi connectivity index (χ0n) is 10.3. The van der Waals surface area contributed by atoms with Gasteiger partial charge in [-0.2, -0.15) is 0 Å². The summed E-state index contributed by atoms with van der Waals surface area (Å²) in [5, 5.41) is 12.8. The quantitative estimate of drug-likeness (QED) is 0.776. The molecule has 1 heterocycles. The molecule has 4 heteroatoms. The van der Waals surface area contributed by atoms with Gasteiger partial charge in [-0.05, 0) is 46.1 Å². The summed E-state index contributed by atoms with van der Waals surface area (Å²) in [5.41, 5.74) is -0.567. The average molecular weight is 223 g/mol. The molecule has 1 aromatic heterocycles. The number of hydrogen-bond acceptors (Lipinski definition) is 4. The lowest BCUT2D eigenvalue weighted by Crippen LogP contribution is -2.21. The van der Waals surface area contributed by atoms with Crippen LogP contribution in [0.5, 0.6) is 0 Å². The molecule has 16 heavy (non-hydrogen) atoms. The van der Waals surface area contributed by atoms with Crippen LogP contribution in [0.25, 0.3) is 0 Å². The van der Waals surface area contributed by atoms with Gasteiger partial charge in [-0.15, -0.1) is 0 Å². The molecular formula is C12H21N3O. The molecular weight excluding hydrogens is 202 g/mol. The number of anilines is 1. The molecule has 0 aromatic carbocycles. The van der Waals surface area contributed by atoms with Gasteiger partial charge in [0.2, 0.25) is 5.95 Å². The zero-order valence-corrected chi connectivity index (χ0v) is 10.3. The van der Waals surface area contributed by atoms with Crippen molar-refractivity contribution in [1.82, 2.24) is 9.97 Å². The first kappa shape index (κ1) is 12.9. The molecule has 0 amide bonds. The summed E-state index contributed by atoms with van der Waals surface area (Å²) in [7, 11) is 0. The van der Waals surface area contributed by atoms with E-state index in [0.717, 1.165) is 19.3 Å². The van der Waals surface area contributed by atoms with Crippen LogP contribution in [0.15, 0.2) is 18.5 Å². The van der Waals surface area contributed by atoms with Gasteiger partial charge in [-0.25, -0.2) is 9.97 Å². The predicted octanol–water partition coefficient (Wildman–Crippen LogP) is 2.22. The molecule has 1 aromatic rings. The van der Waals surface area contributed by atoms with Crippen molar-refractivity contribution in [3.05, 3.63) is 18.5 Å². The normalized spacial score (nSPS) is 13.5. The summed E-state index contributed by atoms with van der Waals surface area (Å²) in [4.78, 5) is 8.21. The molecule has 1 rings (SSSR count). The Hall–Kier alpha value is -1.16. The van der Waals surface area contributed by atoms with Crippen LogP contribution in [-0.4, -0.2) is 26.7 Å². The highest BCUT2D eigenvalue weighted by molar-refractivity contribution is 5.23. The number of nitrogens with zero attached hydrogens (tertiary/aromatic N) is 2. The first-order chi connectivity index (χ1) is 7.47. The van der Waals surface area contributed by atoms with Crippen molar-refractivity contribution in [3.63, 3.8) is 0 Å². The Morgan fingerprint density at radius 2 is 2.00 bits per heavy atom. The summed E-state index contributed by atoms with van der Waals surface area (Å²) in [6.07, 6.45) is 6.25. The fraction of sp³-hybridized carbons (Fsp3) is 0.667. The number of aliphatic hydroxyl groups is 1. The van der Waals surface area contributed by atoms with Crippen molar-refractivity contribution in [3.8, 4) is 0 Å². The van der Waals surface area contributed by atoms with Crippen LogP contribution >= 0.6 is 0 Å². The summed E-state index contributed by atoms with van der Waals surface area (Å²) < 4.78 is 0. The van der Waals surface area contributed by atoms with Gasteiger partial charge < -0.3 is 10.4 Å². The average Bonchev–Trinajstić information content (AvgIpc) is 2.17. The Morgan fingerprint density at radius 1 is 1.38 bits per heavy atom. The van der Waals surface area contributed by atoms with Crippen molar-refractivity contribution in [2.45, 2.75) is 51.7 Å². The molecule has 0 fully saturated rings. The summed E-state index contributed by atoms with van der Waals surface area (Å²) in [6, 6.07) is 2.12. The first-order valence-corrected chi connectivity index (χ1v) is 5.73. The number of nitrogens with one attached hydrogen (secondary N) is 1. The van der Waals surface area contributed by atoms with Gasteiger partial charge in [0.15, 0.2) is 0 Å². The van der Waals surface area contributed by atoms with Gasteiger partial charge in [0, 0.05) is 18.4 Å². The molecule has 2 N–H and O–H groups in total. The third kappa shape index (κ3) is 5.66. The van der Waals surface area contributed by atoms with Crippen molar-refractivity contribution < 1.29 is 5.11 Å². The highest BCUT2D eigenvalue weighted by Crippen LogP contribution is 2.14. The van der Waals surface area contributed by atoms with Crippen LogP contribution in [0.3, 0.4) is 0 Å². The Morgan fingerprint density at radius 3 is 2.56 bits per heavy atom. The maximum Gasteiger partial charge on any atom is 0.222 e. The number of rotatable bonds is 6. The molecule has 0 radical (unpaired) electrons. The van der Waals surface area contributed by atoms with E-state index in [2.05, 4.69) is 22.2 Å². The van der Waals surface area contributed by atoms with Crippen LogP contribution in [0.1, 0.15) is 40.0 Å². The van der Waals surface area contributed by atoms with E-state index < -0.39 is 5.60 Å². The highest BCUT2D eigenvalue weighted by Gasteiger charge is 2.12. The Balaban J connectivity index is 2.24. The van der Waals surface area contributed by atoms with Crippen LogP contribution in [0.2, 0.25) is 0 Å². The molecule has 0 spiro atoms. The van der Waals surface area contributed by atoms with Crippen molar-refractivity contribution in [2.75, 3.05) is 5.32 Å². The van der Waals surface area contributed by atoms with Gasteiger partial charge in [0.1, 0.15) is 0 Å². The SMILES string of the molecule is CC(CCCC(C)(C)O)Nc1ncccn1. The minimum Gasteiger partial charge on any atom is -0.390 e. The van der Waals surface area contributed by atoms with Crippen LogP contribution in [0.4, 0.5) is 5.95 Å². The third-order valence-electron chi connectivity index (χ3n) is 2.37. The highest BCUT2D eigenvalue weighted by atomic mass is 16.3. The molecule has 0 saturated heterocycles. The van der Waals surface area contributed by atoms with E-state index in [4.69, 9.17) is 0 Å². The minimum absolute atomic E-state index is 0.324. The van der Waals surface area contributed by atoms with E-state index >= 15 is 0 Å². The van der Waals surface area contributed by atoms with Gasteiger partial charge in [-0.1, -0.05) is 0 Å². The third-order valence-corrected chi connectivity index (χ3v) is 2.37. The van der Waals surface area contributed by atoms with Crippen LogP contribution < -0.4 is 5.32 Å². The lowest BCUT2D eigenvalue weighted by molar-refractivity contribution is 0.0680. The van der Waals surface area contributed by atoms with E-state index in [1.54, 1.807) is 18.5 Å². The van der Waals surface area contributed by atoms with Gasteiger partial charge in [0.25, 0.3) is 0 Å². The summed E-state index contributed by atoms with van der Waals surface area (Å²) in [5.74, 6) is 0.665. The van der Waals surface area contributed by atoms with Crippen molar-refractivity contribution >= 4 is 5.95 Å². The summed E-state index contributed by atoms with van der Waals surface area (Å²) in [6.45, 7) is 5.78. The molecule has 0 aliphatic carbocycles. The standard InChI is InChI=1S/C12H21N3O/c1-10(6-4-7-12(2,3)16)15-11-13-8-5-9-14-11/h5,8-10,16H,4,6-7H2,1-3H3,(H,13,14,15). The van der Waals surface area contributed by atoms with Crippen LogP contribution in [-0.2, 0) is 0 Å². The van der Waals surface area contributed by atoms with E-state index in [1.807, 2.05) is 13.8 Å². The lowest BCUT2D eigenvalue weighted by Gasteiger charge is -2.19. The van der Waals surface area contributed by atoms with Crippen LogP contribution in [0, 0.1) is 0 Å². The van der Waals surface area contributed by atoms with Gasteiger partial charge in [0.05, 0.1) is 5.60 Å². The molecule has 0 aliphatic heterocycles. The lowest BCUT2D eigenvalue weighted by atomic mass is 10.00. The van der Waals surface area contributed by atoms with Crippen molar-refractivity contribution in [2.24, 2.45) is 0 Å². The molecule has 90 valence electrons. The first-order valence-electron chi connectivity index (χ1n) is 5.73.